The lowest BCUT2D eigenvalue weighted by atomic mass is 9.65. The highest BCUT2D eigenvalue weighted by atomic mass is 16.5. The second-order valence-corrected chi connectivity index (χ2v) is 9.01. The average Bonchev–Trinajstić information content (AvgIpc) is 2.83. The fourth-order valence-corrected chi connectivity index (χ4v) is 5.15. The molecule has 5 heteroatoms. The van der Waals surface area contributed by atoms with Gasteiger partial charge in [-0.2, -0.15) is 0 Å². The van der Waals surface area contributed by atoms with Crippen LogP contribution in [0.2, 0.25) is 0 Å². The first-order valence-corrected chi connectivity index (χ1v) is 9.51. The fraction of sp³-hybridized carbons (Fsp3) is 0.667. The molecule has 0 aromatic heterocycles. The van der Waals surface area contributed by atoms with Crippen molar-refractivity contribution in [1.82, 2.24) is 10.2 Å². The number of urea groups is 1. The summed E-state index contributed by atoms with van der Waals surface area (Å²) in [5.41, 5.74) is 1.72. The van der Waals surface area contributed by atoms with Crippen molar-refractivity contribution in [3.8, 4) is 11.5 Å². The van der Waals surface area contributed by atoms with Crippen LogP contribution in [0.25, 0.3) is 0 Å². The molecule has 2 atom stereocenters. The van der Waals surface area contributed by atoms with E-state index in [0.29, 0.717) is 18.0 Å². The van der Waals surface area contributed by atoms with Crippen molar-refractivity contribution in [3.63, 3.8) is 0 Å². The first-order chi connectivity index (χ1) is 12.3. The van der Waals surface area contributed by atoms with Crippen molar-refractivity contribution in [2.45, 2.75) is 52.5 Å². The predicted octanol–water partition coefficient (Wildman–Crippen LogP) is 3.86. The Morgan fingerprint density at radius 2 is 1.92 bits per heavy atom. The van der Waals surface area contributed by atoms with Crippen molar-refractivity contribution >= 4 is 6.03 Å². The Balaban J connectivity index is 1.55. The highest BCUT2D eigenvalue weighted by Gasteiger charge is 2.50. The number of carbonyl (C=O) groups is 1. The molecule has 5 nitrogen and oxygen atoms in total. The number of methoxy groups -OCH3 is 2. The standard InChI is InChI=1S/C21H32N2O3/c1-20(2)11-16-12-21(3,13-20)14-23(16)19(24)22-9-8-15-6-7-17(25-4)18(10-15)26-5/h6-7,10,16H,8-9,11-14H2,1-5H3,(H,22,24). The largest absolute Gasteiger partial charge is 0.493 e. The van der Waals surface area contributed by atoms with Crippen molar-refractivity contribution in [2.75, 3.05) is 27.3 Å². The van der Waals surface area contributed by atoms with Gasteiger partial charge >= 0.3 is 6.03 Å². The van der Waals surface area contributed by atoms with Gasteiger partial charge < -0.3 is 19.7 Å². The van der Waals surface area contributed by atoms with Crippen molar-refractivity contribution in [3.05, 3.63) is 23.8 Å². The number of carbonyl (C=O) groups excluding carboxylic acids is 1. The molecule has 0 radical (unpaired) electrons. The summed E-state index contributed by atoms with van der Waals surface area (Å²) < 4.78 is 10.6. The minimum atomic E-state index is 0.0805. The lowest BCUT2D eigenvalue weighted by Crippen LogP contribution is -2.44. The summed E-state index contributed by atoms with van der Waals surface area (Å²) in [5, 5.41) is 3.11. The number of ether oxygens (including phenoxy) is 2. The molecule has 2 unspecified atom stereocenters. The van der Waals surface area contributed by atoms with E-state index in [4.69, 9.17) is 9.47 Å². The molecule has 26 heavy (non-hydrogen) atoms. The van der Waals surface area contributed by atoms with E-state index in [-0.39, 0.29) is 11.4 Å². The molecule has 1 saturated carbocycles. The van der Waals surface area contributed by atoms with Crippen LogP contribution in [0.3, 0.4) is 0 Å². The van der Waals surface area contributed by atoms with E-state index in [2.05, 4.69) is 31.0 Å². The van der Waals surface area contributed by atoms with Crippen LogP contribution < -0.4 is 14.8 Å². The molecular formula is C21H32N2O3. The number of nitrogens with one attached hydrogen (secondary N) is 1. The van der Waals surface area contributed by atoms with E-state index in [1.807, 2.05) is 18.2 Å². The summed E-state index contributed by atoms with van der Waals surface area (Å²) in [6.45, 7) is 8.49. The van der Waals surface area contributed by atoms with E-state index in [1.54, 1.807) is 14.2 Å². The third-order valence-electron chi connectivity index (χ3n) is 5.81. The summed E-state index contributed by atoms with van der Waals surface area (Å²) in [4.78, 5) is 14.8. The van der Waals surface area contributed by atoms with E-state index in [9.17, 15) is 4.79 Å². The van der Waals surface area contributed by atoms with Gasteiger partial charge in [-0.05, 0) is 54.2 Å². The Hall–Kier alpha value is -1.91. The molecule has 1 aliphatic heterocycles. The zero-order chi connectivity index (χ0) is 18.9. The molecule has 0 spiro atoms. The van der Waals surface area contributed by atoms with Gasteiger partial charge in [0.05, 0.1) is 14.2 Å². The van der Waals surface area contributed by atoms with Crippen LogP contribution in [-0.2, 0) is 6.42 Å². The summed E-state index contributed by atoms with van der Waals surface area (Å²) in [6.07, 6.45) is 4.21. The highest BCUT2D eigenvalue weighted by Crippen LogP contribution is 2.52. The smallest absolute Gasteiger partial charge is 0.317 e. The Morgan fingerprint density at radius 3 is 2.62 bits per heavy atom. The van der Waals surface area contributed by atoms with Crippen molar-refractivity contribution in [1.29, 1.82) is 0 Å². The summed E-state index contributed by atoms with van der Waals surface area (Å²) in [6, 6.07) is 6.35. The molecule has 2 fully saturated rings. The minimum Gasteiger partial charge on any atom is -0.493 e. The van der Waals surface area contributed by atoms with Crippen molar-refractivity contribution in [2.24, 2.45) is 10.8 Å². The number of benzene rings is 1. The van der Waals surface area contributed by atoms with Gasteiger partial charge in [-0.25, -0.2) is 4.79 Å². The number of hydrogen-bond acceptors (Lipinski definition) is 3. The van der Waals surface area contributed by atoms with Gasteiger partial charge in [0.2, 0.25) is 0 Å². The Morgan fingerprint density at radius 1 is 1.19 bits per heavy atom. The van der Waals surface area contributed by atoms with Crippen LogP contribution in [-0.4, -0.2) is 44.3 Å². The van der Waals surface area contributed by atoms with Crippen LogP contribution in [0.15, 0.2) is 18.2 Å². The third-order valence-corrected chi connectivity index (χ3v) is 5.81. The molecule has 3 rings (SSSR count). The molecule has 1 aromatic rings. The molecule has 1 saturated heterocycles. The first-order valence-electron chi connectivity index (χ1n) is 9.51. The lowest BCUT2D eigenvalue weighted by Gasteiger charge is -2.39. The molecule has 2 bridgehead atoms. The van der Waals surface area contributed by atoms with Gasteiger partial charge in [0.25, 0.3) is 0 Å². The summed E-state index contributed by atoms with van der Waals surface area (Å²) in [7, 11) is 3.27. The molecular weight excluding hydrogens is 328 g/mol. The number of nitrogens with zero attached hydrogens (tertiary/aromatic N) is 1. The summed E-state index contributed by atoms with van der Waals surface area (Å²) in [5.74, 6) is 1.44. The van der Waals surface area contributed by atoms with E-state index >= 15 is 0 Å². The number of rotatable bonds is 5. The quantitative estimate of drug-likeness (QED) is 0.867. The summed E-state index contributed by atoms with van der Waals surface area (Å²) >= 11 is 0. The topological polar surface area (TPSA) is 50.8 Å². The third kappa shape index (κ3) is 3.92. The van der Waals surface area contributed by atoms with Crippen molar-refractivity contribution < 1.29 is 14.3 Å². The maximum atomic E-state index is 12.7. The maximum Gasteiger partial charge on any atom is 0.317 e. The second-order valence-electron chi connectivity index (χ2n) is 9.01. The predicted molar refractivity (Wildman–Crippen MR) is 103 cm³/mol. The molecule has 1 N–H and O–H groups in total. The van der Waals surface area contributed by atoms with E-state index in [0.717, 1.165) is 42.9 Å². The SMILES string of the molecule is COc1ccc(CCNC(=O)N2CC3(C)CC2CC(C)(C)C3)cc1OC. The van der Waals surface area contributed by atoms with Gasteiger partial charge in [-0.15, -0.1) is 0 Å². The van der Waals surface area contributed by atoms with Gasteiger partial charge in [0.15, 0.2) is 11.5 Å². The molecule has 144 valence electrons. The monoisotopic (exact) mass is 360 g/mol. The zero-order valence-corrected chi connectivity index (χ0v) is 16.7. The normalized spacial score (nSPS) is 26.5. The highest BCUT2D eigenvalue weighted by molar-refractivity contribution is 5.75. The minimum absolute atomic E-state index is 0.0805. The number of fused-ring (bicyclic) bond motifs is 2. The van der Waals surface area contributed by atoms with Crippen LogP contribution in [0, 0.1) is 10.8 Å². The molecule has 1 aliphatic carbocycles. The Bertz CT molecular complexity index is 673. The number of amides is 2. The van der Waals surface area contributed by atoms with Gasteiger partial charge in [0.1, 0.15) is 0 Å². The maximum absolute atomic E-state index is 12.7. The van der Waals surface area contributed by atoms with Gasteiger partial charge in [-0.1, -0.05) is 26.8 Å². The van der Waals surface area contributed by atoms with Crippen LogP contribution in [0.5, 0.6) is 11.5 Å². The van der Waals surface area contributed by atoms with Gasteiger partial charge in [0, 0.05) is 19.1 Å². The fourth-order valence-electron chi connectivity index (χ4n) is 5.15. The van der Waals surface area contributed by atoms with Gasteiger partial charge in [-0.3, -0.25) is 0 Å². The molecule has 2 aliphatic rings. The van der Waals surface area contributed by atoms with Crippen LogP contribution in [0.1, 0.15) is 45.6 Å². The number of hydrogen-bond donors (Lipinski definition) is 1. The Labute approximate surface area is 157 Å². The lowest BCUT2D eigenvalue weighted by molar-refractivity contribution is 0.129. The second kappa shape index (κ2) is 7.01. The van der Waals surface area contributed by atoms with E-state index < -0.39 is 0 Å². The van der Waals surface area contributed by atoms with E-state index in [1.165, 1.54) is 6.42 Å². The molecule has 1 heterocycles. The van der Waals surface area contributed by atoms with Crippen LogP contribution in [0.4, 0.5) is 4.79 Å². The first kappa shape index (κ1) is 18.9. The molecule has 1 aromatic carbocycles. The number of likely N-dealkylation sites (tertiary alicyclic amines) is 1. The van der Waals surface area contributed by atoms with Crippen LogP contribution >= 0.6 is 0 Å². The average molecular weight is 360 g/mol. The molecule has 2 amide bonds. The Kier molecular flexibility index (Phi) is 5.09. The zero-order valence-electron chi connectivity index (χ0n) is 16.7.